The first-order chi connectivity index (χ1) is 8.61. The Labute approximate surface area is 111 Å². The summed E-state index contributed by atoms with van der Waals surface area (Å²) in [5, 5.41) is 3.05. The third-order valence-corrected chi connectivity index (χ3v) is 5.01. The quantitative estimate of drug-likeness (QED) is 0.907. The van der Waals surface area contributed by atoms with E-state index in [1.165, 1.54) is 12.8 Å². The topological polar surface area (TPSA) is 59.2 Å². The van der Waals surface area contributed by atoms with Crippen molar-refractivity contribution in [2.75, 3.05) is 19.6 Å². The lowest BCUT2D eigenvalue weighted by Gasteiger charge is -2.22. The standard InChI is InChI=1S/C13H19N3OS/c1-13(7-14)4-5-16(8-13)12(17)10-6-18-11(15-10)9-2-3-9/h6,9H,2-5,7-8,14H2,1H3. The fraction of sp³-hybridized carbons (Fsp3) is 0.692. The Morgan fingerprint density at radius 2 is 2.44 bits per heavy atom. The van der Waals surface area contributed by atoms with Crippen molar-refractivity contribution in [3.05, 3.63) is 16.1 Å². The number of likely N-dealkylation sites (tertiary alicyclic amines) is 1. The number of carbonyl (C=O) groups is 1. The van der Waals surface area contributed by atoms with Gasteiger partial charge in [-0.15, -0.1) is 11.3 Å². The van der Waals surface area contributed by atoms with Crippen molar-refractivity contribution in [1.29, 1.82) is 0 Å². The van der Waals surface area contributed by atoms with E-state index in [2.05, 4.69) is 11.9 Å². The fourth-order valence-electron chi connectivity index (χ4n) is 2.43. The first-order valence-corrected chi connectivity index (χ1v) is 7.44. The van der Waals surface area contributed by atoms with Crippen LogP contribution in [0.1, 0.15) is 47.6 Å². The van der Waals surface area contributed by atoms with E-state index in [1.807, 2.05) is 10.3 Å². The Morgan fingerprint density at radius 3 is 3.06 bits per heavy atom. The Kier molecular flexibility index (Phi) is 2.90. The Balaban J connectivity index is 1.70. The second-order valence-electron chi connectivity index (χ2n) is 5.84. The molecule has 2 fully saturated rings. The highest BCUT2D eigenvalue weighted by molar-refractivity contribution is 7.10. The fourth-order valence-corrected chi connectivity index (χ4v) is 3.39. The van der Waals surface area contributed by atoms with E-state index in [4.69, 9.17) is 5.73 Å². The maximum atomic E-state index is 12.3. The van der Waals surface area contributed by atoms with Crippen LogP contribution in [0.4, 0.5) is 0 Å². The number of aromatic nitrogens is 1. The molecule has 0 radical (unpaired) electrons. The van der Waals surface area contributed by atoms with Crippen LogP contribution in [0.5, 0.6) is 0 Å². The summed E-state index contributed by atoms with van der Waals surface area (Å²) in [5.74, 6) is 0.708. The van der Waals surface area contributed by atoms with E-state index in [0.717, 1.165) is 24.5 Å². The molecule has 4 nitrogen and oxygen atoms in total. The smallest absolute Gasteiger partial charge is 0.273 e. The van der Waals surface area contributed by atoms with Gasteiger partial charge < -0.3 is 10.6 Å². The zero-order chi connectivity index (χ0) is 12.8. The van der Waals surface area contributed by atoms with Crippen molar-refractivity contribution >= 4 is 17.2 Å². The van der Waals surface area contributed by atoms with Crippen molar-refractivity contribution in [2.24, 2.45) is 11.1 Å². The molecule has 0 spiro atoms. The Bertz CT molecular complexity index is 469. The molecule has 1 saturated carbocycles. The molecule has 0 bridgehead atoms. The lowest BCUT2D eigenvalue weighted by atomic mass is 9.90. The first-order valence-electron chi connectivity index (χ1n) is 6.56. The van der Waals surface area contributed by atoms with Gasteiger partial charge in [-0.2, -0.15) is 0 Å². The molecule has 3 rings (SSSR count). The van der Waals surface area contributed by atoms with Gasteiger partial charge in [0, 0.05) is 24.4 Å². The summed E-state index contributed by atoms with van der Waals surface area (Å²) in [4.78, 5) is 18.7. The predicted octanol–water partition coefficient (Wildman–Crippen LogP) is 1.83. The summed E-state index contributed by atoms with van der Waals surface area (Å²) >= 11 is 1.63. The second kappa shape index (κ2) is 4.31. The van der Waals surface area contributed by atoms with Crippen molar-refractivity contribution in [3.8, 4) is 0 Å². The minimum atomic E-state index is 0.0790. The molecular weight excluding hydrogens is 246 g/mol. The van der Waals surface area contributed by atoms with Gasteiger partial charge in [0.2, 0.25) is 0 Å². The number of hydrogen-bond donors (Lipinski definition) is 1. The molecule has 5 heteroatoms. The molecule has 1 amide bonds. The van der Waals surface area contributed by atoms with Crippen LogP contribution >= 0.6 is 11.3 Å². The highest BCUT2D eigenvalue weighted by atomic mass is 32.1. The van der Waals surface area contributed by atoms with Gasteiger partial charge in [0.15, 0.2) is 0 Å². The van der Waals surface area contributed by atoms with Gasteiger partial charge in [0.05, 0.1) is 5.01 Å². The van der Waals surface area contributed by atoms with Crippen molar-refractivity contribution < 1.29 is 4.79 Å². The molecule has 2 aliphatic rings. The molecule has 1 aromatic heterocycles. The molecule has 1 aliphatic carbocycles. The summed E-state index contributed by atoms with van der Waals surface area (Å²) in [6, 6.07) is 0. The number of nitrogens with two attached hydrogens (primary N) is 1. The number of carbonyl (C=O) groups excluding carboxylic acids is 1. The number of rotatable bonds is 3. The maximum Gasteiger partial charge on any atom is 0.273 e. The molecule has 0 aromatic carbocycles. The van der Waals surface area contributed by atoms with Crippen molar-refractivity contribution in [2.45, 2.75) is 32.1 Å². The van der Waals surface area contributed by atoms with Gasteiger partial charge in [0.1, 0.15) is 5.69 Å². The number of amides is 1. The zero-order valence-electron chi connectivity index (χ0n) is 10.7. The van der Waals surface area contributed by atoms with Crippen LogP contribution in [-0.4, -0.2) is 35.4 Å². The molecule has 18 heavy (non-hydrogen) atoms. The van der Waals surface area contributed by atoms with Crippen LogP contribution in [0.3, 0.4) is 0 Å². The molecule has 1 saturated heterocycles. The Morgan fingerprint density at radius 1 is 1.67 bits per heavy atom. The van der Waals surface area contributed by atoms with Crippen molar-refractivity contribution in [3.63, 3.8) is 0 Å². The second-order valence-corrected chi connectivity index (χ2v) is 6.73. The van der Waals surface area contributed by atoms with Crippen LogP contribution < -0.4 is 5.73 Å². The minimum absolute atomic E-state index is 0.0790. The lowest BCUT2D eigenvalue weighted by molar-refractivity contribution is 0.0771. The summed E-state index contributed by atoms with van der Waals surface area (Å²) in [6.07, 6.45) is 3.46. The molecule has 2 heterocycles. The molecule has 1 unspecified atom stereocenters. The first kappa shape index (κ1) is 12.1. The third kappa shape index (κ3) is 2.17. The van der Waals surface area contributed by atoms with Crippen molar-refractivity contribution in [1.82, 2.24) is 9.88 Å². The van der Waals surface area contributed by atoms with Gasteiger partial charge >= 0.3 is 0 Å². The van der Waals surface area contributed by atoms with Gasteiger partial charge in [-0.25, -0.2) is 4.98 Å². The predicted molar refractivity (Wildman–Crippen MR) is 71.8 cm³/mol. The average Bonchev–Trinajstić information content (AvgIpc) is 2.97. The van der Waals surface area contributed by atoms with E-state index in [-0.39, 0.29) is 11.3 Å². The van der Waals surface area contributed by atoms with Gasteiger partial charge in [0.25, 0.3) is 5.91 Å². The Hall–Kier alpha value is -0.940. The largest absolute Gasteiger partial charge is 0.337 e. The lowest BCUT2D eigenvalue weighted by Crippen LogP contribution is -2.34. The van der Waals surface area contributed by atoms with Gasteiger partial charge in [-0.1, -0.05) is 6.92 Å². The van der Waals surface area contributed by atoms with E-state index >= 15 is 0 Å². The SMILES string of the molecule is CC1(CN)CCN(C(=O)c2csc(C3CC3)n2)C1. The molecule has 1 aliphatic heterocycles. The number of nitrogens with zero attached hydrogens (tertiary/aromatic N) is 2. The molecule has 1 atom stereocenters. The molecule has 98 valence electrons. The maximum absolute atomic E-state index is 12.3. The molecular formula is C13H19N3OS. The zero-order valence-corrected chi connectivity index (χ0v) is 11.5. The van der Waals surface area contributed by atoms with E-state index in [9.17, 15) is 4.79 Å². The van der Waals surface area contributed by atoms with E-state index in [0.29, 0.717) is 18.2 Å². The van der Waals surface area contributed by atoms with Crippen LogP contribution in [0.15, 0.2) is 5.38 Å². The summed E-state index contributed by atoms with van der Waals surface area (Å²) in [5.41, 5.74) is 6.49. The summed E-state index contributed by atoms with van der Waals surface area (Å²) in [6.45, 7) is 4.36. The third-order valence-electron chi connectivity index (χ3n) is 4.01. The van der Waals surface area contributed by atoms with E-state index in [1.54, 1.807) is 11.3 Å². The number of thiazole rings is 1. The molecule has 1 aromatic rings. The highest BCUT2D eigenvalue weighted by Crippen LogP contribution is 2.41. The van der Waals surface area contributed by atoms with Crippen LogP contribution in [0.2, 0.25) is 0 Å². The summed E-state index contributed by atoms with van der Waals surface area (Å²) in [7, 11) is 0. The van der Waals surface area contributed by atoms with Crippen LogP contribution in [-0.2, 0) is 0 Å². The van der Waals surface area contributed by atoms with E-state index < -0.39 is 0 Å². The number of hydrogen-bond acceptors (Lipinski definition) is 4. The normalized spacial score (nSPS) is 27.8. The minimum Gasteiger partial charge on any atom is -0.337 e. The van der Waals surface area contributed by atoms with Gasteiger partial charge in [-0.3, -0.25) is 4.79 Å². The monoisotopic (exact) mass is 265 g/mol. The van der Waals surface area contributed by atoms with Crippen LogP contribution in [0.25, 0.3) is 0 Å². The van der Waals surface area contributed by atoms with Crippen LogP contribution in [0, 0.1) is 5.41 Å². The highest BCUT2D eigenvalue weighted by Gasteiger charge is 2.36. The molecule has 2 N–H and O–H groups in total. The van der Waals surface area contributed by atoms with Gasteiger partial charge in [-0.05, 0) is 31.2 Å². The average molecular weight is 265 g/mol. The summed E-state index contributed by atoms with van der Waals surface area (Å²) < 4.78 is 0.